The number of carbonyl (C=O) groups is 2. The summed E-state index contributed by atoms with van der Waals surface area (Å²) in [6, 6.07) is 27.5. The van der Waals surface area contributed by atoms with Crippen molar-refractivity contribution in [3.8, 4) is 22.6 Å². The van der Waals surface area contributed by atoms with E-state index in [9.17, 15) is 9.59 Å². The molecule has 0 amide bonds. The molecular formula is C26H20N2O4. The number of rotatable bonds is 5. The molecule has 6 heteroatoms. The molecule has 0 aliphatic rings. The molecular weight excluding hydrogens is 404 g/mol. The van der Waals surface area contributed by atoms with Crippen molar-refractivity contribution in [2.24, 2.45) is 0 Å². The number of nitrogens with two attached hydrogens (primary N) is 2. The van der Waals surface area contributed by atoms with E-state index in [0.717, 1.165) is 11.1 Å². The van der Waals surface area contributed by atoms with E-state index < -0.39 is 11.9 Å². The summed E-state index contributed by atoms with van der Waals surface area (Å²) in [5, 5.41) is 0. The molecule has 0 heterocycles. The van der Waals surface area contributed by atoms with Crippen LogP contribution in [-0.4, -0.2) is 11.9 Å². The van der Waals surface area contributed by atoms with Crippen LogP contribution >= 0.6 is 0 Å². The van der Waals surface area contributed by atoms with Crippen LogP contribution in [0.2, 0.25) is 0 Å². The molecule has 0 fully saturated rings. The first kappa shape index (κ1) is 20.7. The number of nitrogen functional groups attached to an aromatic ring is 2. The van der Waals surface area contributed by atoms with Crippen molar-refractivity contribution >= 4 is 23.3 Å². The molecule has 0 bridgehead atoms. The zero-order chi connectivity index (χ0) is 22.5. The third kappa shape index (κ3) is 4.94. The fraction of sp³-hybridized carbons (Fsp3) is 0. The molecule has 32 heavy (non-hydrogen) atoms. The zero-order valence-electron chi connectivity index (χ0n) is 17.0. The number of benzene rings is 4. The molecule has 0 radical (unpaired) electrons. The molecule has 0 aliphatic carbocycles. The summed E-state index contributed by atoms with van der Waals surface area (Å²) in [6.07, 6.45) is 0. The first-order chi connectivity index (χ1) is 15.5. The standard InChI is InChI=1S/C26H20N2O4/c27-21-5-1-3-19(15-21)25(29)31-23-11-7-17(8-12-23)18-9-13-24(14-10-18)32-26(30)20-4-2-6-22(28)16-20/h1-16H,27-28H2. The summed E-state index contributed by atoms with van der Waals surface area (Å²) in [5.41, 5.74) is 15.0. The lowest BCUT2D eigenvalue weighted by Gasteiger charge is -2.08. The topological polar surface area (TPSA) is 105 Å². The zero-order valence-corrected chi connectivity index (χ0v) is 17.0. The van der Waals surface area contributed by atoms with E-state index in [1.807, 2.05) is 24.3 Å². The largest absolute Gasteiger partial charge is 0.423 e. The van der Waals surface area contributed by atoms with Crippen LogP contribution < -0.4 is 20.9 Å². The molecule has 0 unspecified atom stereocenters. The number of anilines is 2. The molecule has 0 atom stereocenters. The molecule has 0 spiro atoms. The van der Waals surface area contributed by atoms with Gasteiger partial charge in [0.15, 0.2) is 0 Å². The van der Waals surface area contributed by atoms with Crippen LogP contribution in [0, 0.1) is 0 Å². The number of carbonyl (C=O) groups excluding carboxylic acids is 2. The molecule has 6 nitrogen and oxygen atoms in total. The minimum atomic E-state index is -0.476. The molecule has 0 saturated carbocycles. The van der Waals surface area contributed by atoms with Gasteiger partial charge < -0.3 is 20.9 Å². The number of hydrogen-bond donors (Lipinski definition) is 2. The Hall–Kier alpha value is -4.58. The van der Waals surface area contributed by atoms with Crippen LogP contribution in [0.3, 0.4) is 0 Å². The van der Waals surface area contributed by atoms with E-state index in [4.69, 9.17) is 20.9 Å². The number of ether oxygens (including phenoxy) is 2. The fourth-order valence-electron chi connectivity index (χ4n) is 3.09. The first-order valence-electron chi connectivity index (χ1n) is 9.84. The van der Waals surface area contributed by atoms with Gasteiger partial charge in [0.25, 0.3) is 0 Å². The monoisotopic (exact) mass is 424 g/mol. The van der Waals surface area contributed by atoms with E-state index in [0.29, 0.717) is 34.0 Å². The minimum absolute atomic E-state index is 0.386. The molecule has 4 aromatic rings. The SMILES string of the molecule is Nc1cccc(C(=O)Oc2ccc(-c3ccc(OC(=O)c4cccc(N)c4)cc3)cc2)c1. The third-order valence-electron chi connectivity index (χ3n) is 4.71. The summed E-state index contributed by atoms with van der Waals surface area (Å²) >= 11 is 0. The van der Waals surface area contributed by atoms with Gasteiger partial charge in [0.2, 0.25) is 0 Å². The molecule has 0 aromatic heterocycles. The van der Waals surface area contributed by atoms with Gasteiger partial charge in [-0.05, 0) is 71.8 Å². The van der Waals surface area contributed by atoms with Crippen molar-refractivity contribution < 1.29 is 19.1 Å². The van der Waals surface area contributed by atoms with Crippen molar-refractivity contribution in [3.63, 3.8) is 0 Å². The molecule has 4 aromatic carbocycles. The lowest BCUT2D eigenvalue weighted by Crippen LogP contribution is -2.08. The highest BCUT2D eigenvalue weighted by Gasteiger charge is 2.11. The van der Waals surface area contributed by atoms with Crippen LogP contribution in [0.25, 0.3) is 11.1 Å². The highest BCUT2D eigenvalue weighted by molar-refractivity contribution is 5.92. The van der Waals surface area contributed by atoms with Gasteiger partial charge in [0, 0.05) is 11.4 Å². The van der Waals surface area contributed by atoms with Gasteiger partial charge in [-0.1, -0.05) is 36.4 Å². The van der Waals surface area contributed by atoms with E-state index in [-0.39, 0.29) is 0 Å². The fourth-order valence-corrected chi connectivity index (χ4v) is 3.09. The van der Waals surface area contributed by atoms with Gasteiger partial charge in [0.05, 0.1) is 11.1 Å². The van der Waals surface area contributed by atoms with Gasteiger partial charge in [-0.15, -0.1) is 0 Å². The Morgan fingerprint density at radius 2 is 0.906 bits per heavy atom. The van der Waals surface area contributed by atoms with Crippen molar-refractivity contribution in [1.82, 2.24) is 0 Å². The Morgan fingerprint density at radius 1 is 0.531 bits per heavy atom. The molecule has 4 N–H and O–H groups in total. The van der Waals surface area contributed by atoms with Gasteiger partial charge >= 0.3 is 11.9 Å². The lowest BCUT2D eigenvalue weighted by molar-refractivity contribution is 0.0725. The number of hydrogen-bond acceptors (Lipinski definition) is 6. The minimum Gasteiger partial charge on any atom is -0.423 e. The Labute approximate surface area is 185 Å². The normalized spacial score (nSPS) is 10.4. The van der Waals surface area contributed by atoms with Gasteiger partial charge in [-0.25, -0.2) is 9.59 Å². The highest BCUT2D eigenvalue weighted by atomic mass is 16.5. The number of esters is 2. The van der Waals surface area contributed by atoms with Crippen molar-refractivity contribution in [3.05, 3.63) is 108 Å². The van der Waals surface area contributed by atoms with Crippen LogP contribution in [0.4, 0.5) is 11.4 Å². The average Bonchev–Trinajstić information content (AvgIpc) is 2.80. The summed E-state index contributed by atoms with van der Waals surface area (Å²) in [5.74, 6) is -0.101. The lowest BCUT2D eigenvalue weighted by atomic mass is 10.1. The smallest absolute Gasteiger partial charge is 0.343 e. The summed E-state index contributed by atoms with van der Waals surface area (Å²) in [4.78, 5) is 24.5. The predicted octanol–water partition coefficient (Wildman–Crippen LogP) is 4.96. The van der Waals surface area contributed by atoms with E-state index in [1.165, 1.54) is 0 Å². The molecule has 0 saturated heterocycles. The maximum Gasteiger partial charge on any atom is 0.343 e. The third-order valence-corrected chi connectivity index (χ3v) is 4.71. The highest BCUT2D eigenvalue weighted by Crippen LogP contribution is 2.25. The Bertz CT molecular complexity index is 1160. The second-order valence-corrected chi connectivity index (χ2v) is 7.08. The van der Waals surface area contributed by atoms with Gasteiger partial charge in [0.1, 0.15) is 11.5 Å². The van der Waals surface area contributed by atoms with E-state index >= 15 is 0 Å². The maximum atomic E-state index is 12.2. The summed E-state index contributed by atoms with van der Waals surface area (Å²) in [6.45, 7) is 0. The van der Waals surface area contributed by atoms with Crippen LogP contribution in [0.15, 0.2) is 97.1 Å². The van der Waals surface area contributed by atoms with E-state index in [2.05, 4.69) is 0 Å². The quantitative estimate of drug-likeness (QED) is 0.267. The molecule has 158 valence electrons. The van der Waals surface area contributed by atoms with Gasteiger partial charge in [-0.2, -0.15) is 0 Å². The second-order valence-electron chi connectivity index (χ2n) is 7.08. The van der Waals surface area contributed by atoms with Crippen LogP contribution in [-0.2, 0) is 0 Å². The molecule has 0 aliphatic heterocycles. The van der Waals surface area contributed by atoms with Crippen molar-refractivity contribution in [1.29, 1.82) is 0 Å². The predicted molar refractivity (Wildman–Crippen MR) is 124 cm³/mol. The van der Waals surface area contributed by atoms with Crippen molar-refractivity contribution in [2.45, 2.75) is 0 Å². The van der Waals surface area contributed by atoms with Crippen LogP contribution in [0.5, 0.6) is 11.5 Å². The van der Waals surface area contributed by atoms with Crippen LogP contribution in [0.1, 0.15) is 20.7 Å². The maximum absolute atomic E-state index is 12.2. The summed E-state index contributed by atoms with van der Waals surface area (Å²) < 4.78 is 10.8. The van der Waals surface area contributed by atoms with E-state index in [1.54, 1.807) is 72.8 Å². The second kappa shape index (κ2) is 9.06. The first-order valence-corrected chi connectivity index (χ1v) is 9.84. The van der Waals surface area contributed by atoms with Gasteiger partial charge in [-0.3, -0.25) is 0 Å². The Balaban J connectivity index is 1.41. The Morgan fingerprint density at radius 3 is 1.25 bits per heavy atom. The summed E-state index contributed by atoms with van der Waals surface area (Å²) in [7, 11) is 0. The molecule has 4 rings (SSSR count). The van der Waals surface area contributed by atoms with Crippen molar-refractivity contribution in [2.75, 3.05) is 11.5 Å². The Kier molecular flexibility index (Phi) is 5.85. The average molecular weight is 424 g/mol.